The van der Waals surface area contributed by atoms with Gasteiger partial charge in [0.25, 0.3) is 0 Å². The molecule has 0 radical (unpaired) electrons. The Morgan fingerprint density at radius 3 is 2.83 bits per heavy atom. The Morgan fingerprint density at radius 2 is 2.13 bits per heavy atom. The van der Waals surface area contributed by atoms with Crippen LogP contribution < -0.4 is 10.6 Å². The van der Waals surface area contributed by atoms with Crippen LogP contribution in [0.4, 0.5) is 5.13 Å². The normalized spacial score (nSPS) is 25.5. The standard InChI is InChI=1S/C16H26N4O2S/c1-11-7-20(8-12(2)22-11)9-14-10-23-16(18-14)19-15(21)6-17-5-13-3-4-13/h10-13,17H,3-9H2,1-2H3,(H,18,19,21). The topological polar surface area (TPSA) is 66.5 Å². The van der Waals surface area contributed by atoms with Crippen molar-refractivity contribution in [3.63, 3.8) is 0 Å². The molecule has 6 nitrogen and oxygen atoms in total. The second kappa shape index (κ2) is 7.70. The maximum Gasteiger partial charge on any atom is 0.240 e. The quantitative estimate of drug-likeness (QED) is 0.792. The molecule has 3 rings (SSSR count). The number of amides is 1. The summed E-state index contributed by atoms with van der Waals surface area (Å²) < 4.78 is 5.75. The van der Waals surface area contributed by atoms with E-state index in [-0.39, 0.29) is 18.1 Å². The first kappa shape index (κ1) is 16.8. The molecule has 1 aromatic heterocycles. The zero-order valence-electron chi connectivity index (χ0n) is 13.9. The third-order valence-electron chi connectivity index (χ3n) is 4.09. The minimum atomic E-state index is -0.0137. The number of ether oxygens (including phenoxy) is 1. The number of hydrogen-bond donors (Lipinski definition) is 2. The molecule has 1 aliphatic heterocycles. The highest BCUT2D eigenvalue weighted by Gasteiger charge is 2.23. The number of hydrogen-bond acceptors (Lipinski definition) is 6. The number of nitrogens with one attached hydrogen (secondary N) is 2. The van der Waals surface area contributed by atoms with Crippen molar-refractivity contribution in [1.29, 1.82) is 0 Å². The number of carbonyl (C=O) groups is 1. The number of aromatic nitrogens is 1. The van der Waals surface area contributed by atoms with Crippen molar-refractivity contribution in [2.24, 2.45) is 5.92 Å². The van der Waals surface area contributed by atoms with Gasteiger partial charge >= 0.3 is 0 Å². The molecule has 1 amide bonds. The van der Waals surface area contributed by atoms with Gasteiger partial charge in [-0.25, -0.2) is 4.98 Å². The molecule has 2 fully saturated rings. The molecule has 128 valence electrons. The van der Waals surface area contributed by atoms with Gasteiger partial charge in [-0.1, -0.05) is 0 Å². The number of morpholine rings is 1. The van der Waals surface area contributed by atoms with E-state index in [1.165, 1.54) is 24.2 Å². The predicted molar refractivity (Wildman–Crippen MR) is 91.6 cm³/mol. The average Bonchev–Trinajstić information content (AvgIpc) is 3.18. The molecule has 0 bridgehead atoms. The number of nitrogens with zero attached hydrogens (tertiary/aromatic N) is 2. The average molecular weight is 338 g/mol. The first-order chi connectivity index (χ1) is 11.1. The lowest BCUT2D eigenvalue weighted by Crippen LogP contribution is -2.44. The summed E-state index contributed by atoms with van der Waals surface area (Å²) in [6, 6.07) is 0. The van der Waals surface area contributed by atoms with Gasteiger partial charge in [0.1, 0.15) is 0 Å². The van der Waals surface area contributed by atoms with Crippen molar-refractivity contribution in [1.82, 2.24) is 15.2 Å². The largest absolute Gasteiger partial charge is 0.373 e. The molecule has 2 heterocycles. The van der Waals surface area contributed by atoms with Crippen LogP contribution in [0.2, 0.25) is 0 Å². The molecule has 0 aromatic carbocycles. The van der Waals surface area contributed by atoms with Crippen molar-refractivity contribution >= 4 is 22.4 Å². The van der Waals surface area contributed by atoms with Gasteiger partial charge in [-0.15, -0.1) is 11.3 Å². The molecule has 0 spiro atoms. The molecule has 1 saturated heterocycles. The second-order valence-corrected chi connectivity index (χ2v) is 7.58. The number of thiazole rings is 1. The summed E-state index contributed by atoms with van der Waals surface area (Å²) in [5.41, 5.74) is 1.01. The summed E-state index contributed by atoms with van der Waals surface area (Å²) >= 11 is 1.49. The van der Waals surface area contributed by atoms with Gasteiger partial charge < -0.3 is 15.4 Å². The summed E-state index contributed by atoms with van der Waals surface area (Å²) in [6.07, 6.45) is 3.11. The maximum absolute atomic E-state index is 11.9. The molecule has 1 aliphatic carbocycles. The summed E-state index contributed by atoms with van der Waals surface area (Å²) in [6.45, 7) is 8.18. The van der Waals surface area contributed by atoms with E-state index in [0.717, 1.165) is 37.8 Å². The predicted octanol–water partition coefficient (Wildman–Crippen LogP) is 1.69. The van der Waals surface area contributed by atoms with E-state index in [1.54, 1.807) is 0 Å². The molecule has 7 heteroatoms. The Bertz CT molecular complexity index is 522. The van der Waals surface area contributed by atoms with Gasteiger partial charge in [0, 0.05) is 25.0 Å². The van der Waals surface area contributed by atoms with E-state index in [2.05, 4.69) is 34.4 Å². The zero-order valence-corrected chi connectivity index (χ0v) is 14.7. The monoisotopic (exact) mass is 338 g/mol. The Labute approximate surface area is 141 Å². The number of carbonyl (C=O) groups excluding carboxylic acids is 1. The van der Waals surface area contributed by atoms with E-state index in [4.69, 9.17) is 4.74 Å². The molecular weight excluding hydrogens is 312 g/mol. The highest BCUT2D eigenvalue weighted by atomic mass is 32.1. The Kier molecular flexibility index (Phi) is 5.63. The van der Waals surface area contributed by atoms with E-state index >= 15 is 0 Å². The van der Waals surface area contributed by atoms with E-state index in [0.29, 0.717) is 11.7 Å². The van der Waals surface area contributed by atoms with Crippen molar-refractivity contribution < 1.29 is 9.53 Å². The highest BCUT2D eigenvalue weighted by Crippen LogP contribution is 2.27. The van der Waals surface area contributed by atoms with Crippen LogP contribution >= 0.6 is 11.3 Å². The van der Waals surface area contributed by atoms with Crippen molar-refractivity contribution in [2.75, 3.05) is 31.5 Å². The molecule has 2 atom stereocenters. The Hall–Kier alpha value is -1.02. The van der Waals surface area contributed by atoms with Crippen LogP contribution in [0.5, 0.6) is 0 Å². The third-order valence-corrected chi connectivity index (χ3v) is 4.90. The van der Waals surface area contributed by atoms with Gasteiger partial charge in [-0.05, 0) is 39.2 Å². The van der Waals surface area contributed by atoms with Gasteiger partial charge in [0.15, 0.2) is 5.13 Å². The summed E-state index contributed by atoms with van der Waals surface area (Å²) in [5, 5.41) is 8.78. The zero-order chi connectivity index (χ0) is 16.2. The van der Waals surface area contributed by atoms with Gasteiger partial charge in [0.05, 0.1) is 24.4 Å². The minimum absolute atomic E-state index is 0.0137. The van der Waals surface area contributed by atoms with E-state index in [1.807, 2.05) is 5.38 Å². The van der Waals surface area contributed by atoms with Gasteiger partial charge in [0.2, 0.25) is 5.91 Å². The lowest BCUT2D eigenvalue weighted by molar-refractivity contribution is -0.115. The number of anilines is 1. The van der Waals surface area contributed by atoms with Crippen molar-refractivity contribution in [3.05, 3.63) is 11.1 Å². The molecule has 2 unspecified atom stereocenters. The number of rotatable bonds is 7. The molecular formula is C16H26N4O2S. The molecule has 1 aromatic rings. The summed E-state index contributed by atoms with van der Waals surface area (Å²) in [7, 11) is 0. The van der Waals surface area contributed by atoms with Crippen LogP contribution in [-0.2, 0) is 16.1 Å². The molecule has 23 heavy (non-hydrogen) atoms. The fraction of sp³-hybridized carbons (Fsp3) is 0.750. The SMILES string of the molecule is CC1CN(Cc2csc(NC(=O)CNCC3CC3)n2)CC(C)O1. The first-order valence-electron chi connectivity index (χ1n) is 8.41. The van der Waals surface area contributed by atoms with Gasteiger partial charge in [-0.3, -0.25) is 9.69 Å². The fourth-order valence-electron chi connectivity index (χ4n) is 2.95. The summed E-state index contributed by atoms with van der Waals surface area (Å²) in [4.78, 5) is 18.7. The Morgan fingerprint density at radius 1 is 1.39 bits per heavy atom. The van der Waals surface area contributed by atoms with Crippen LogP contribution in [0.25, 0.3) is 0 Å². The van der Waals surface area contributed by atoms with Crippen molar-refractivity contribution in [2.45, 2.75) is 45.4 Å². The minimum Gasteiger partial charge on any atom is -0.373 e. The summed E-state index contributed by atoms with van der Waals surface area (Å²) in [5.74, 6) is 0.771. The lowest BCUT2D eigenvalue weighted by Gasteiger charge is -2.34. The van der Waals surface area contributed by atoms with Gasteiger partial charge in [-0.2, -0.15) is 0 Å². The third kappa shape index (κ3) is 5.53. The van der Waals surface area contributed by atoms with Crippen LogP contribution in [0, 0.1) is 5.92 Å². The molecule has 2 N–H and O–H groups in total. The van der Waals surface area contributed by atoms with E-state index < -0.39 is 0 Å². The van der Waals surface area contributed by atoms with E-state index in [9.17, 15) is 4.79 Å². The van der Waals surface area contributed by atoms with Crippen molar-refractivity contribution in [3.8, 4) is 0 Å². The van der Waals surface area contributed by atoms with Crippen LogP contribution in [0.3, 0.4) is 0 Å². The lowest BCUT2D eigenvalue weighted by atomic mass is 10.2. The fourth-order valence-corrected chi connectivity index (χ4v) is 3.67. The van der Waals surface area contributed by atoms with Crippen LogP contribution in [0.1, 0.15) is 32.4 Å². The first-order valence-corrected chi connectivity index (χ1v) is 9.29. The smallest absolute Gasteiger partial charge is 0.240 e. The van der Waals surface area contributed by atoms with Crippen LogP contribution in [0.15, 0.2) is 5.38 Å². The highest BCUT2D eigenvalue weighted by molar-refractivity contribution is 7.13. The Balaban J connectivity index is 1.42. The maximum atomic E-state index is 11.9. The molecule has 1 saturated carbocycles. The van der Waals surface area contributed by atoms with Crippen LogP contribution in [-0.4, -0.2) is 54.2 Å². The second-order valence-electron chi connectivity index (χ2n) is 6.72. The molecule has 2 aliphatic rings.